The lowest BCUT2D eigenvalue weighted by Gasteiger charge is -2.18. The van der Waals surface area contributed by atoms with E-state index in [1.54, 1.807) is 35.9 Å². The van der Waals surface area contributed by atoms with E-state index in [-0.39, 0.29) is 11.5 Å². The van der Waals surface area contributed by atoms with Crippen molar-refractivity contribution in [1.82, 2.24) is 9.55 Å². The van der Waals surface area contributed by atoms with Crippen LogP contribution >= 0.6 is 23.1 Å². The van der Waals surface area contributed by atoms with Crippen molar-refractivity contribution in [2.24, 2.45) is 0 Å². The van der Waals surface area contributed by atoms with Gasteiger partial charge in [-0.05, 0) is 48.2 Å². The van der Waals surface area contributed by atoms with Crippen LogP contribution in [0.4, 0.5) is 5.69 Å². The molecule has 4 rings (SSSR count). The van der Waals surface area contributed by atoms with Crippen LogP contribution in [-0.4, -0.2) is 22.6 Å². The van der Waals surface area contributed by atoms with Gasteiger partial charge in [-0.3, -0.25) is 14.2 Å². The lowest BCUT2D eigenvalue weighted by atomic mass is 10.1. The topological polar surface area (TPSA) is 73.2 Å². The summed E-state index contributed by atoms with van der Waals surface area (Å²) in [5, 5.41) is 4.77. The maximum Gasteiger partial charge on any atom is 0.272 e. The number of rotatable bonds is 7. The van der Waals surface area contributed by atoms with Gasteiger partial charge in [0.15, 0.2) is 5.16 Å². The Morgan fingerprint density at radius 2 is 1.90 bits per heavy atom. The highest BCUT2D eigenvalue weighted by Crippen LogP contribution is 2.36. The van der Waals surface area contributed by atoms with Crippen LogP contribution in [0.25, 0.3) is 10.2 Å². The Hall–Kier alpha value is -3.10. The third kappa shape index (κ3) is 4.50. The SMILES string of the molecule is CCn1c(SC(C(=O)Nc2ccc(OC)cc2)c2ccccc2)nc2ccsc2c1=O. The van der Waals surface area contributed by atoms with Gasteiger partial charge in [-0.25, -0.2) is 4.98 Å². The lowest BCUT2D eigenvalue weighted by Crippen LogP contribution is -2.24. The average Bonchev–Trinajstić information content (AvgIpc) is 3.27. The van der Waals surface area contributed by atoms with Crippen LogP contribution in [0.5, 0.6) is 5.75 Å². The molecule has 1 N–H and O–H groups in total. The number of nitrogens with zero attached hydrogens (tertiary/aromatic N) is 2. The number of benzene rings is 2. The molecule has 2 aromatic carbocycles. The molecule has 1 amide bonds. The molecule has 2 heterocycles. The fourth-order valence-corrected chi connectivity index (χ4v) is 5.12. The number of carbonyl (C=O) groups is 1. The minimum atomic E-state index is -0.580. The highest BCUT2D eigenvalue weighted by atomic mass is 32.2. The normalized spacial score (nSPS) is 11.9. The maximum atomic E-state index is 13.3. The van der Waals surface area contributed by atoms with Gasteiger partial charge < -0.3 is 10.1 Å². The van der Waals surface area contributed by atoms with Crippen LogP contribution < -0.4 is 15.6 Å². The predicted molar refractivity (Wildman–Crippen MR) is 126 cm³/mol. The average molecular weight is 452 g/mol. The number of hydrogen-bond donors (Lipinski definition) is 1. The smallest absolute Gasteiger partial charge is 0.272 e. The molecule has 0 saturated carbocycles. The predicted octanol–water partition coefficient (Wildman–Crippen LogP) is 4.96. The number of thioether (sulfide) groups is 1. The Labute approximate surface area is 187 Å². The van der Waals surface area contributed by atoms with Gasteiger partial charge in [0.1, 0.15) is 15.7 Å². The number of hydrogen-bond acceptors (Lipinski definition) is 6. The van der Waals surface area contributed by atoms with Crippen molar-refractivity contribution >= 4 is 44.9 Å². The molecule has 6 nitrogen and oxygen atoms in total. The first-order chi connectivity index (χ1) is 15.1. The van der Waals surface area contributed by atoms with Crippen LogP contribution in [0.15, 0.2) is 76.0 Å². The zero-order valence-electron chi connectivity index (χ0n) is 17.1. The molecule has 1 atom stereocenters. The summed E-state index contributed by atoms with van der Waals surface area (Å²) in [4.78, 5) is 30.9. The number of aromatic nitrogens is 2. The van der Waals surface area contributed by atoms with E-state index < -0.39 is 5.25 Å². The van der Waals surface area contributed by atoms with Crippen LogP contribution in [0, 0.1) is 0 Å². The lowest BCUT2D eigenvalue weighted by molar-refractivity contribution is -0.115. The van der Waals surface area contributed by atoms with E-state index in [1.165, 1.54) is 23.1 Å². The minimum Gasteiger partial charge on any atom is -0.497 e. The summed E-state index contributed by atoms with van der Waals surface area (Å²) in [5.74, 6) is 0.524. The molecule has 0 aliphatic rings. The Morgan fingerprint density at radius 3 is 2.58 bits per heavy atom. The van der Waals surface area contributed by atoms with Crippen molar-refractivity contribution in [3.63, 3.8) is 0 Å². The number of nitrogens with one attached hydrogen (secondary N) is 1. The molecule has 1 unspecified atom stereocenters. The maximum absolute atomic E-state index is 13.3. The molecule has 0 aliphatic carbocycles. The Kier molecular flexibility index (Phi) is 6.39. The summed E-state index contributed by atoms with van der Waals surface area (Å²) in [6.07, 6.45) is 0. The van der Waals surface area contributed by atoms with Crippen LogP contribution in [-0.2, 0) is 11.3 Å². The second-order valence-corrected chi connectivity index (χ2v) is 8.69. The molecule has 0 saturated heterocycles. The number of thiophene rings is 1. The molecule has 8 heteroatoms. The van der Waals surface area contributed by atoms with Crippen molar-refractivity contribution in [1.29, 1.82) is 0 Å². The highest BCUT2D eigenvalue weighted by molar-refractivity contribution is 8.00. The Morgan fingerprint density at radius 1 is 1.16 bits per heavy atom. The number of carbonyl (C=O) groups excluding carboxylic acids is 1. The van der Waals surface area contributed by atoms with Crippen LogP contribution in [0.2, 0.25) is 0 Å². The molecular formula is C23H21N3O3S2. The van der Waals surface area contributed by atoms with Gasteiger partial charge in [-0.1, -0.05) is 42.1 Å². The zero-order chi connectivity index (χ0) is 21.8. The van der Waals surface area contributed by atoms with Crippen molar-refractivity contribution in [3.8, 4) is 5.75 Å². The molecule has 2 aromatic heterocycles. The molecule has 158 valence electrons. The zero-order valence-corrected chi connectivity index (χ0v) is 18.7. The molecule has 0 radical (unpaired) electrons. The van der Waals surface area contributed by atoms with E-state index in [9.17, 15) is 9.59 Å². The molecular weight excluding hydrogens is 430 g/mol. The monoisotopic (exact) mass is 451 g/mol. The summed E-state index contributed by atoms with van der Waals surface area (Å²) in [6, 6.07) is 18.5. The molecule has 31 heavy (non-hydrogen) atoms. The first-order valence-electron chi connectivity index (χ1n) is 9.75. The third-order valence-corrected chi connectivity index (χ3v) is 6.90. The Balaban J connectivity index is 1.70. The van der Waals surface area contributed by atoms with E-state index in [1.807, 2.05) is 48.7 Å². The summed E-state index contributed by atoms with van der Waals surface area (Å²) < 4.78 is 7.43. The second-order valence-electron chi connectivity index (χ2n) is 6.71. The largest absolute Gasteiger partial charge is 0.497 e. The van der Waals surface area contributed by atoms with E-state index in [0.717, 1.165) is 5.56 Å². The van der Waals surface area contributed by atoms with Gasteiger partial charge in [0, 0.05) is 12.2 Å². The van der Waals surface area contributed by atoms with Crippen LogP contribution in [0.1, 0.15) is 17.7 Å². The first-order valence-corrected chi connectivity index (χ1v) is 11.5. The van der Waals surface area contributed by atoms with Crippen molar-refractivity contribution in [3.05, 3.63) is 82.0 Å². The molecule has 0 aliphatic heterocycles. The standard InChI is InChI=1S/C23H21N3O3S2/c1-3-26-22(28)20-18(13-14-30-20)25-23(26)31-19(15-7-5-4-6-8-15)21(27)24-16-9-11-17(29-2)12-10-16/h4-14,19H,3H2,1-2H3,(H,24,27). The number of anilines is 1. The second kappa shape index (κ2) is 9.36. The minimum absolute atomic E-state index is 0.0765. The van der Waals surface area contributed by atoms with Gasteiger partial charge in [-0.15, -0.1) is 11.3 Å². The fourth-order valence-electron chi connectivity index (χ4n) is 3.18. The number of ether oxygens (including phenoxy) is 1. The summed E-state index contributed by atoms with van der Waals surface area (Å²) >= 11 is 2.66. The highest BCUT2D eigenvalue weighted by Gasteiger charge is 2.25. The van der Waals surface area contributed by atoms with Gasteiger partial charge in [0.25, 0.3) is 5.56 Å². The molecule has 0 spiro atoms. The first kappa shape index (κ1) is 21.1. The number of methoxy groups -OCH3 is 1. The van der Waals surface area contributed by atoms with Gasteiger partial charge in [0.2, 0.25) is 5.91 Å². The number of fused-ring (bicyclic) bond motifs is 1. The van der Waals surface area contributed by atoms with Gasteiger partial charge in [-0.2, -0.15) is 0 Å². The summed E-state index contributed by atoms with van der Waals surface area (Å²) in [6.45, 7) is 2.38. The quantitative estimate of drug-likeness (QED) is 0.318. The van der Waals surface area contributed by atoms with E-state index >= 15 is 0 Å². The summed E-state index contributed by atoms with van der Waals surface area (Å²) in [5.41, 5.74) is 2.08. The van der Waals surface area contributed by atoms with E-state index in [2.05, 4.69) is 10.3 Å². The fraction of sp³-hybridized carbons (Fsp3) is 0.174. The van der Waals surface area contributed by atoms with Crippen LogP contribution in [0.3, 0.4) is 0 Å². The van der Waals surface area contributed by atoms with Crippen molar-refractivity contribution in [2.45, 2.75) is 23.9 Å². The van der Waals surface area contributed by atoms with E-state index in [4.69, 9.17) is 4.74 Å². The number of amides is 1. The van der Waals surface area contributed by atoms with E-state index in [0.29, 0.717) is 33.4 Å². The Bertz CT molecular complexity index is 1250. The third-order valence-electron chi connectivity index (χ3n) is 4.77. The van der Waals surface area contributed by atoms with Gasteiger partial charge in [0.05, 0.1) is 12.6 Å². The summed E-state index contributed by atoms with van der Waals surface area (Å²) in [7, 11) is 1.60. The van der Waals surface area contributed by atoms with Crippen molar-refractivity contribution < 1.29 is 9.53 Å². The molecule has 0 fully saturated rings. The van der Waals surface area contributed by atoms with Crippen molar-refractivity contribution in [2.75, 3.05) is 12.4 Å². The van der Waals surface area contributed by atoms with Gasteiger partial charge >= 0.3 is 0 Å². The molecule has 0 bridgehead atoms. The molecule has 4 aromatic rings.